The third-order valence-electron chi connectivity index (χ3n) is 3.97. The summed E-state index contributed by atoms with van der Waals surface area (Å²) < 4.78 is 0. The van der Waals surface area contributed by atoms with E-state index in [-0.39, 0.29) is 0 Å². The van der Waals surface area contributed by atoms with Gasteiger partial charge < -0.3 is 10.2 Å². The van der Waals surface area contributed by atoms with Crippen molar-refractivity contribution in [3.8, 4) is 0 Å². The second kappa shape index (κ2) is 6.29. The van der Waals surface area contributed by atoms with E-state index in [0.717, 1.165) is 25.4 Å². The van der Waals surface area contributed by atoms with Crippen molar-refractivity contribution < 1.29 is 0 Å². The van der Waals surface area contributed by atoms with Crippen molar-refractivity contribution in [3.05, 3.63) is 0 Å². The zero-order valence-electron chi connectivity index (χ0n) is 12.0. The number of nitrogens with one attached hydrogen (secondary N) is 1. The fraction of sp³-hybridized carbons (Fsp3) is 0.929. The predicted octanol–water partition coefficient (Wildman–Crippen LogP) is 2.58. The molecule has 3 nitrogen and oxygen atoms in total. The Labute approximate surface area is 116 Å². The van der Waals surface area contributed by atoms with Crippen molar-refractivity contribution in [1.82, 2.24) is 10.2 Å². The molecule has 1 saturated heterocycles. The van der Waals surface area contributed by atoms with Crippen molar-refractivity contribution in [1.29, 1.82) is 0 Å². The summed E-state index contributed by atoms with van der Waals surface area (Å²) in [7, 11) is 4.24. The molecule has 4 heteroatoms. The van der Waals surface area contributed by atoms with Gasteiger partial charge in [0, 0.05) is 17.8 Å². The molecule has 0 aromatic carbocycles. The minimum atomic E-state index is 0.378. The lowest BCUT2D eigenvalue weighted by Gasteiger charge is -2.36. The normalized spacial score (nSPS) is 34.4. The summed E-state index contributed by atoms with van der Waals surface area (Å²) in [5.41, 5.74) is 0.378. The molecule has 0 aromatic rings. The van der Waals surface area contributed by atoms with Crippen LogP contribution in [0, 0.1) is 5.92 Å². The highest BCUT2D eigenvalue weighted by Gasteiger charge is 2.40. The molecule has 2 aliphatic rings. The molecule has 1 spiro atoms. The average Bonchev–Trinajstić information content (AvgIpc) is 2.67. The summed E-state index contributed by atoms with van der Waals surface area (Å²) >= 11 is 1.93. The van der Waals surface area contributed by atoms with E-state index in [9.17, 15) is 0 Å². The number of amidine groups is 1. The van der Waals surface area contributed by atoms with E-state index < -0.39 is 0 Å². The van der Waals surface area contributed by atoms with Gasteiger partial charge in [-0.3, -0.25) is 4.99 Å². The van der Waals surface area contributed by atoms with Crippen molar-refractivity contribution >= 4 is 16.9 Å². The lowest BCUT2D eigenvalue weighted by molar-refractivity contribution is 0.242. The number of hydrogen-bond donors (Lipinski definition) is 1. The summed E-state index contributed by atoms with van der Waals surface area (Å²) in [4.78, 5) is 6.93. The van der Waals surface area contributed by atoms with Crippen LogP contribution < -0.4 is 5.32 Å². The van der Waals surface area contributed by atoms with Gasteiger partial charge in [-0.05, 0) is 45.8 Å². The number of hydrogen-bond acceptors (Lipinski definition) is 3. The zero-order chi connectivity index (χ0) is 13.0. The van der Waals surface area contributed by atoms with Crippen molar-refractivity contribution in [2.24, 2.45) is 10.9 Å². The Kier molecular flexibility index (Phi) is 4.96. The maximum absolute atomic E-state index is 4.71. The minimum absolute atomic E-state index is 0.378. The summed E-state index contributed by atoms with van der Waals surface area (Å²) in [5.74, 6) is 2.10. The third-order valence-corrected chi connectivity index (χ3v) is 5.17. The number of thioether (sulfide) groups is 1. The van der Waals surface area contributed by atoms with Crippen LogP contribution in [0.4, 0.5) is 0 Å². The highest BCUT2D eigenvalue weighted by atomic mass is 32.2. The van der Waals surface area contributed by atoms with Crippen LogP contribution in [0.15, 0.2) is 4.99 Å². The van der Waals surface area contributed by atoms with Gasteiger partial charge in [-0.2, -0.15) is 0 Å². The molecule has 2 atom stereocenters. The lowest BCUT2D eigenvalue weighted by atomic mass is 9.78. The van der Waals surface area contributed by atoms with Gasteiger partial charge in [0.05, 0.1) is 0 Å². The van der Waals surface area contributed by atoms with Gasteiger partial charge in [0.15, 0.2) is 5.17 Å². The Morgan fingerprint density at radius 3 is 3.06 bits per heavy atom. The molecule has 18 heavy (non-hydrogen) atoms. The molecule has 0 radical (unpaired) electrons. The Hall–Kier alpha value is -0.220. The molecule has 104 valence electrons. The summed E-state index contributed by atoms with van der Waals surface area (Å²) in [6.45, 7) is 4.47. The molecular formula is C14H27N3S. The highest BCUT2D eigenvalue weighted by molar-refractivity contribution is 8.14. The van der Waals surface area contributed by atoms with Crippen molar-refractivity contribution in [3.63, 3.8) is 0 Å². The first-order valence-corrected chi connectivity index (χ1v) is 8.18. The zero-order valence-corrected chi connectivity index (χ0v) is 12.9. The van der Waals surface area contributed by atoms with E-state index in [1.165, 1.54) is 36.6 Å². The first-order valence-electron chi connectivity index (χ1n) is 7.20. The summed E-state index contributed by atoms with van der Waals surface area (Å²) in [5, 5.41) is 4.92. The van der Waals surface area contributed by atoms with E-state index in [0.29, 0.717) is 5.54 Å². The van der Waals surface area contributed by atoms with Gasteiger partial charge >= 0.3 is 0 Å². The van der Waals surface area contributed by atoms with Crippen LogP contribution in [0.5, 0.6) is 0 Å². The molecular weight excluding hydrogens is 242 g/mol. The summed E-state index contributed by atoms with van der Waals surface area (Å²) in [6.07, 6.45) is 6.60. The van der Waals surface area contributed by atoms with Crippen LogP contribution in [0.3, 0.4) is 0 Å². The van der Waals surface area contributed by atoms with Gasteiger partial charge in [-0.25, -0.2) is 0 Å². The van der Waals surface area contributed by atoms with E-state index in [4.69, 9.17) is 4.99 Å². The van der Waals surface area contributed by atoms with E-state index in [1.807, 2.05) is 11.8 Å². The Morgan fingerprint density at radius 1 is 1.50 bits per heavy atom. The fourth-order valence-corrected chi connectivity index (χ4v) is 4.28. The van der Waals surface area contributed by atoms with E-state index >= 15 is 0 Å². The van der Waals surface area contributed by atoms with Crippen LogP contribution >= 0.6 is 11.8 Å². The maximum Gasteiger partial charge on any atom is 0.157 e. The second-order valence-corrected chi connectivity index (χ2v) is 7.20. The largest absolute Gasteiger partial charge is 0.359 e. The molecule has 0 bridgehead atoms. The smallest absolute Gasteiger partial charge is 0.157 e. The van der Waals surface area contributed by atoms with Crippen LogP contribution in [-0.4, -0.2) is 48.5 Å². The topological polar surface area (TPSA) is 27.6 Å². The number of nitrogens with zero attached hydrogens (tertiary/aromatic N) is 2. The lowest BCUT2D eigenvalue weighted by Crippen LogP contribution is -2.47. The van der Waals surface area contributed by atoms with Crippen LogP contribution in [0.1, 0.15) is 39.0 Å². The highest BCUT2D eigenvalue weighted by Crippen LogP contribution is 2.38. The number of rotatable bonds is 4. The van der Waals surface area contributed by atoms with Gasteiger partial charge in [-0.15, -0.1) is 0 Å². The molecule has 1 saturated carbocycles. The van der Waals surface area contributed by atoms with Crippen LogP contribution in [-0.2, 0) is 0 Å². The standard InChI is InChI=1S/C14H27N3S/c1-12-6-4-7-14(10-12)11-18-13(16-14)15-8-5-9-17(2)3/h12H,4-11H2,1-3H3,(H,15,16). The molecule has 0 aromatic heterocycles. The van der Waals surface area contributed by atoms with Gasteiger partial charge in [0.1, 0.15) is 0 Å². The SMILES string of the molecule is CC1CCCC2(CSC(=NCCCN(C)C)N2)C1. The van der Waals surface area contributed by atoms with Gasteiger partial charge in [0.25, 0.3) is 0 Å². The molecule has 2 unspecified atom stereocenters. The summed E-state index contributed by atoms with van der Waals surface area (Å²) in [6, 6.07) is 0. The molecule has 2 rings (SSSR count). The number of aliphatic imine (C=N–C) groups is 1. The Morgan fingerprint density at radius 2 is 2.33 bits per heavy atom. The molecule has 1 heterocycles. The molecule has 2 fully saturated rings. The van der Waals surface area contributed by atoms with Gasteiger partial charge in [-0.1, -0.05) is 31.5 Å². The minimum Gasteiger partial charge on any atom is -0.359 e. The van der Waals surface area contributed by atoms with E-state index in [1.54, 1.807) is 0 Å². The molecule has 1 N–H and O–H groups in total. The van der Waals surface area contributed by atoms with Crippen molar-refractivity contribution in [2.45, 2.75) is 44.6 Å². The average molecular weight is 269 g/mol. The predicted molar refractivity (Wildman–Crippen MR) is 81.4 cm³/mol. The van der Waals surface area contributed by atoms with Crippen LogP contribution in [0.25, 0.3) is 0 Å². The van der Waals surface area contributed by atoms with Crippen LogP contribution in [0.2, 0.25) is 0 Å². The monoisotopic (exact) mass is 269 g/mol. The molecule has 0 amide bonds. The molecule has 1 aliphatic heterocycles. The molecule has 1 aliphatic carbocycles. The first kappa shape index (κ1) is 14.2. The second-order valence-electron chi connectivity index (χ2n) is 6.24. The van der Waals surface area contributed by atoms with E-state index in [2.05, 4.69) is 31.2 Å². The quantitative estimate of drug-likeness (QED) is 0.795. The maximum atomic E-state index is 4.71. The fourth-order valence-electron chi connectivity index (χ4n) is 3.06. The van der Waals surface area contributed by atoms with Crippen molar-refractivity contribution in [2.75, 3.05) is 32.9 Å². The Balaban J connectivity index is 1.78. The third kappa shape index (κ3) is 3.89. The first-order chi connectivity index (χ1) is 8.60. The Bertz CT molecular complexity index is 303. The van der Waals surface area contributed by atoms with Gasteiger partial charge in [0.2, 0.25) is 0 Å².